The molecule has 1 rings (SSSR count). The molecule has 0 aliphatic carbocycles. The normalized spacial score (nSPS) is 12.8. The molecule has 0 saturated heterocycles. The van der Waals surface area contributed by atoms with Crippen LogP contribution >= 0.6 is 11.6 Å². The Morgan fingerprint density at radius 2 is 2.10 bits per heavy atom. The summed E-state index contributed by atoms with van der Waals surface area (Å²) in [7, 11) is -3.56. The van der Waals surface area contributed by atoms with E-state index in [4.69, 9.17) is 11.6 Å². The summed E-state index contributed by atoms with van der Waals surface area (Å²) in [6.45, 7) is 3.66. The largest absolute Gasteiger partial charge is 0.352 e. The zero-order valence-corrected chi connectivity index (χ0v) is 14.0. The zero-order chi connectivity index (χ0) is 16.0. The van der Waals surface area contributed by atoms with E-state index < -0.39 is 10.0 Å². The zero-order valence-electron chi connectivity index (χ0n) is 12.5. The number of sulfonamides is 1. The highest BCUT2D eigenvalue weighted by Gasteiger charge is 2.21. The minimum Gasteiger partial charge on any atom is -0.352 e. The van der Waals surface area contributed by atoms with Crippen molar-refractivity contribution in [1.29, 1.82) is 0 Å². The number of amides is 1. The number of anilines is 1. The summed E-state index contributed by atoms with van der Waals surface area (Å²) in [5.41, 5.74) is 0.378. The lowest BCUT2D eigenvalue weighted by atomic mass is 10.2. The first kappa shape index (κ1) is 17.8. The van der Waals surface area contributed by atoms with Gasteiger partial charge in [0.15, 0.2) is 0 Å². The third-order valence-electron chi connectivity index (χ3n) is 2.91. The smallest absolute Gasteiger partial charge is 0.240 e. The van der Waals surface area contributed by atoms with E-state index in [-0.39, 0.29) is 18.5 Å². The molecule has 0 heterocycles. The van der Waals surface area contributed by atoms with Crippen molar-refractivity contribution < 1.29 is 13.2 Å². The molecule has 0 aromatic heterocycles. The van der Waals surface area contributed by atoms with Gasteiger partial charge in [-0.05, 0) is 31.5 Å². The van der Waals surface area contributed by atoms with Gasteiger partial charge in [0.25, 0.3) is 0 Å². The molecule has 0 aliphatic rings. The van der Waals surface area contributed by atoms with Gasteiger partial charge in [0.2, 0.25) is 15.9 Å². The minimum absolute atomic E-state index is 0.0169. The monoisotopic (exact) mass is 332 g/mol. The molecule has 1 amide bonds. The molecule has 1 atom stereocenters. The molecular formula is C14H21ClN2O3S. The van der Waals surface area contributed by atoms with Gasteiger partial charge < -0.3 is 5.32 Å². The highest BCUT2D eigenvalue weighted by Crippen LogP contribution is 2.21. The predicted octanol–water partition coefficient (Wildman–Crippen LogP) is 2.41. The van der Waals surface area contributed by atoms with Crippen molar-refractivity contribution in [2.45, 2.75) is 32.7 Å². The fraction of sp³-hybridized carbons (Fsp3) is 0.500. The van der Waals surface area contributed by atoms with Gasteiger partial charge in [0.05, 0.1) is 11.9 Å². The van der Waals surface area contributed by atoms with E-state index in [1.54, 1.807) is 18.2 Å². The Morgan fingerprint density at radius 3 is 2.62 bits per heavy atom. The number of carbonyl (C=O) groups excluding carboxylic acids is 1. The second-order valence-electron chi connectivity index (χ2n) is 5.01. The molecular weight excluding hydrogens is 312 g/mol. The van der Waals surface area contributed by atoms with Gasteiger partial charge in [-0.25, -0.2) is 8.42 Å². The summed E-state index contributed by atoms with van der Waals surface area (Å²) in [5.74, 6) is -0.332. The van der Waals surface area contributed by atoms with E-state index in [9.17, 15) is 13.2 Å². The second-order valence-corrected chi connectivity index (χ2v) is 7.35. The van der Waals surface area contributed by atoms with Crippen LogP contribution in [0.15, 0.2) is 24.3 Å². The van der Waals surface area contributed by atoms with Crippen molar-refractivity contribution >= 4 is 33.2 Å². The van der Waals surface area contributed by atoms with Gasteiger partial charge in [-0.3, -0.25) is 9.10 Å². The molecule has 1 aromatic rings. The van der Waals surface area contributed by atoms with Gasteiger partial charge in [0.1, 0.15) is 6.54 Å². The fourth-order valence-electron chi connectivity index (χ4n) is 1.99. The first-order valence-corrected chi connectivity index (χ1v) is 8.99. The summed E-state index contributed by atoms with van der Waals surface area (Å²) in [4.78, 5) is 12.0. The van der Waals surface area contributed by atoms with Crippen LogP contribution in [0.5, 0.6) is 0 Å². The van der Waals surface area contributed by atoms with Crippen LogP contribution in [0.4, 0.5) is 5.69 Å². The topological polar surface area (TPSA) is 66.5 Å². The summed E-state index contributed by atoms with van der Waals surface area (Å²) >= 11 is 5.88. The Balaban J connectivity index is 2.89. The maximum absolute atomic E-state index is 12.0. The van der Waals surface area contributed by atoms with Crippen molar-refractivity contribution in [2.24, 2.45) is 0 Å². The number of nitrogens with zero attached hydrogens (tertiary/aromatic N) is 1. The lowest BCUT2D eigenvalue weighted by Gasteiger charge is -2.23. The van der Waals surface area contributed by atoms with Gasteiger partial charge in [0, 0.05) is 11.1 Å². The second kappa shape index (κ2) is 7.66. The summed E-state index contributed by atoms with van der Waals surface area (Å²) in [5, 5.41) is 3.21. The van der Waals surface area contributed by atoms with Crippen LogP contribution in [0.2, 0.25) is 5.02 Å². The number of hydrogen-bond donors (Lipinski definition) is 1. The van der Waals surface area contributed by atoms with Gasteiger partial charge in [-0.1, -0.05) is 31.0 Å². The first-order valence-electron chi connectivity index (χ1n) is 6.76. The van der Waals surface area contributed by atoms with Crippen LogP contribution in [0, 0.1) is 0 Å². The molecule has 0 bridgehead atoms. The van der Waals surface area contributed by atoms with Crippen LogP contribution in [-0.4, -0.2) is 33.2 Å². The summed E-state index contributed by atoms with van der Waals surface area (Å²) in [6.07, 6.45) is 2.87. The van der Waals surface area contributed by atoms with E-state index in [2.05, 4.69) is 5.32 Å². The highest BCUT2D eigenvalue weighted by molar-refractivity contribution is 7.92. The Kier molecular flexibility index (Phi) is 6.48. The summed E-state index contributed by atoms with van der Waals surface area (Å²) in [6, 6.07) is 6.44. The van der Waals surface area contributed by atoms with Gasteiger partial charge in [-0.2, -0.15) is 0 Å². The SMILES string of the molecule is CCC[C@@H](C)NC(=O)CN(c1cccc(Cl)c1)S(C)(=O)=O. The summed E-state index contributed by atoms with van der Waals surface area (Å²) < 4.78 is 24.8. The Morgan fingerprint density at radius 1 is 1.43 bits per heavy atom. The predicted molar refractivity (Wildman–Crippen MR) is 86.2 cm³/mol. The Hall–Kier alpha value is -1.27. The fourth-order valence-corrected chi connectivity index (χ4v) is 3.02. The quantitative estimate of drug-likeness (QED) is 0.833. The van der Waals surface area contributed by atoms with E-state index in [0.29, 0.717) is 10.7 Å². The van der Waals surface area contributed by atoms with Crippen LogP contribution in [0.3, 0.4) is 0 Å². The third kappa shape index (κ3) is 5.93. The number of carbonyl (C=O) groups is 1. The minimum atomic E-state index is -3.56. The van der Waals surface area contributed by atoms with Crippen LogP contribution in [0.25, 0.3) is 0 Å². The van der Waals surface area contributed by atoms with E-state index in [1.807, 2.05) is 13.8 Å². The van der Waals surface area contributed by atoms with E-state index in [1.165, 1.54) is 6.07 Å². The molecule has 1 aromatic carbocycles. The van der Waals surface area contributed by atoms with Crippen molar-refractivity contribution in [3.05, 3.63) is 29.3 Å². The molecule has 0 unspecified atom stereocenters. The third-order valence-corrected chi connectivity index (χ3v) is 4.29. The molecule has 21 heavy (non-hydrogen) atoms. The molecule has 0 fully saturated rings. The maximum Gasteiger partial charge on any atom is 0.240 e. The Labute approximate surface area is 131 Å². The molecule has 0 radical (unpaired) electrons. The number of halogens is 1. The Bertz CT molecular complexity index is 590. The molecule has 0 spiro atoms. The maximum atomic E-state index is 12.0. The van der Waals surface area contributed by atoms with Crippen molar-refractivity contribution in [3.8, 4) is 0 Å². The molecule has 7 heteroatoms. The average molecular weight is 333 g/mol. The van der Waals surface area contributed by atoms with Crippen molar-refractivity contribution in [3.63, 3.8) is 0 Å². The molecule has 0 aliphatic heterocycles. The number of benzene rings is 1. The van der Waals surface area contributed by atoms with E-state index >= 15 is 0 Å². The average Bonchev–Trinajstić information content (AvgIpc) is 2.34. The van der Waals surface area contributed by atoms with Gasteiger partial charge >= 0.3 is 0 Å². The number of hydrogen-bond acceptors (Lipinski definition) is 3. The van der Waals surface area contributed by atoms with Gasteiger partial charge in [-0.15, -0.1) is 0 Å². The molecule has 118 valence electrons. The van der Waals surface area contributed by atoms with E-state index in [0.717, 1.165) is 23.4 Å². The lowest BCUT2D eigenvalue weighted by Crippen LogP contribution is -2.43. The van der Waals surface area contributed by atoms with Crippen molar-refractivity contribution in [1.82, 2.24) is 5.32 Å². The molecule has 5 nitrogen and oxygen atoms in total. The van der Waals surface area contributed by atoms with Crippen LogP contribution < -0.4 is 9.62 Å². The van der Waals surface area contributed by atoms with Crippen LogP contribution in [-0.2, 0) is 14.8 Å². The molecule has 0 saturated carbocycles. The first-order chi connectivity index (χ1) is 9.74. The lowest BCUT2D eigenvalue weighted by molar-refractivity contribution is -0.120. The standard InChI is InChI=1S/C14H21ClN2O3S/c1-4-6-11(2)16-14(18)10-17(21(3,19)20)13-8-5-7-12(15)9-13/h5,7-9,11H,4,6,10H2,1-3H3,(H,16,18)/t11-/m1/s1. The van der Waals surface area contributed by atoms with Crippen LogP contribution in [0.1, 0.15) is 26.7 Å². The van der Waals surface area contributed by atoms with Crippen molar-refractivity contribution in [2.75, 3.05) is 17.1 Å². The molecule has 1 N–H and O–H groups in total. The number of rotatable bonds is 7. The number of nitrogens with one attached hydrogen (secondary N) is 1. The highest BCUT2D eigenvalue weighted by atomic mass is 35.5.